The Hall–Kier alpha value is -2.49. The largest absolute Gasteiger partial charge is 0.487 e. The lowest BCUT2D eigenvalue weighted by molar-refractivity contribution is 0.0963. The van der Waals surface area contributed by atoms with E-state index < -0.39 is 0 Å². The van der Waals surface area contributed by atoms with Gasteiger partial charge in [0, 0.05) is 12.6 Å². The second-order valence-electron chi connectivity index (χ2n) is 4.61. The van der Waals surface area contributed by atoms with E-state index in [1.807, 2.05) is 31.2 Å². The van der Waals surface area contributed by atoms with Crippen LogP contribution in [0.25, 0.3) is 0 Å². The molecule has 0 bridgehead atoms. The quantitative estimate of drug-likeness (QED) is 0.839. The minimum atomic E-state index is -0.165. The highest BCUT2D eigenvalue weighted by Gasteiger charge is 2.07. The zero-order chi connectivity index (χ0) is 14.5. The number of rotatable bonds is 4. The zero-order valence-corrected chi connectivity index (χ0v) is 11.6. The Morgan fingerprint density at radius 2 is 1.90 bits per heavy atom. The number of aryl methyl sites for hydroxylation is 1. The van der Waals surface area contributed by atoms with Gasteiger partial charge in [-0.15, -0.1) is 0 Å². The van der Waals surface area contributed by atoms with Gasteiger partial charge in [-0.1, -0.05) is 29.8 Å². The number of carbonyl (C=O) groups is 1. The maximum absolute atomic E-state index is 11.5. The van der Waals surface area contributed by atoms with E-state index in [9.17, 15) is 4.79 Å². The van der Waals surface area contributed by atoms with Crippen molar-refractivity contribution in [3.63, 3.8) is 0 Å². The summed E-state index contributed by atoms with van der Waals surface area (Å²) in [5, 5.41) is 2.56. The molecule has 0 radical (unpaired) electrons. The first kappa shape index (κ1) is 13.9. The van der Waals surface area contributed by atoms with Crippen LogP contribution in [0.3, 0.4) is 0 Å². The van der Waals surface area contributed by atoms with Crippen LogP contribution in [0.4, 0.5) is 5.69 Å². The smallest absolute Gasteiger partial charge is 0.251 e. The normalized spacial score (nSPS) is 10.1. The van der Waals surface area contributed by atoms with Gasteiger partial charge in [-0.05, 0) is 30.7 Å². The van der Waals surface area contributed by atoms with Crippen molar-refractivity contribution in [3.8, 4) is 5.75 Å². The topological polar surface area (TPSA) is 64.3 Å². The van der Waals surface area contributed by atoms with Crippen molar-refractivity contribution < 1.29 is 9.53 Å². The van der Waals surface area contributed by atoms with Crippen LogP contribution in [-0.2, 0) is 6.61 Å². The van der Waals surface area contributed by atoms with Crippen LogP contribution < -0.4 is 15.8 Å². The van der Waals surface area contributed by atoms with Crippen molar-refractivity contribution in [1.29, 1.82) is 0 Å². The Morgan fingerprint density at radius 3 is 2.50 bits per heavy atom. The molecular weight excluding hydrogens is 252 g/mol. The second-order valence-corrected chi connectivity index (χ2v) is 4.61. The predicted molar refractivity (Wildman–Crippen MR) is 79.8 cm³/mol. The molecular formula is C16H18N2O2. The number of amides is 1. The number of hydrogen-bond donors (Lipinski definition) is 2. The van der Waals surface area contributed by atoms with Crippen LogP contribution in [0.5, 0.6) is 5.75 Å². The average Bonchev–Trinajstić information content (AvgIpc) is 2.46. The summed E-state index contributed by atoms with van der Waals surface area (Å²) < 4.78 is 5.67. The van der Waals surface area contributed by atoms with Gasteiger partial charge in [-0.2, -0.15) is 0 Å². The molecule has 1 amide bonds. The van der Waals surface area contributed by atoms with E-state index in [0.717, 1.165) is 5.56 Å². The molecule has 3 N–H and O–H groups in total. The van der Waals surface area contributed by atoms with Gasteiger partial charge in [0.05, 0.1) is 5.69 Å². The van der Waals surface area contributed by atoms with Gasteiger partial charge in [-0.25, -0.2) is 0 Å². The third kappa shape index (κ3) is 3.29. The number of ether oxygens (including phenoxy) is 1. The molecule has 2 aromatic rings. The maximum atomic E-state index is 11.5. The van der Waals surface area contributed by atoms with Crippen LogP contribution >= 0.6 is 0 Å². The minimum Gasteiger partial charge on any atom is -0.487 e. The molecule has 0 fully saturated rings. The van der Waals surface area contributed by atoms with Gasteiger partial charge < -0.3 is 15.8 Å². The lowest BCUT2D eigenvalue weighted by atomic mass is 10.1. The minimum absolute atomic E-state index is 0.165. The fourth-order valence-corrected chi connectivity index (χ4v) is 1.81. The molecule has 2 aromatic carbocycles. The number of anilines is 1. The summed E-state index contributed by atoms with van der Waals surface area (Å²) >= 11 is 0. The summed E-state index contributed by atoms with van der Waals surface area (Å²) in [7, 11) is 1.58. The lowest BCUT2D eigenvalue weighted by Gasteiger charge is -2.10. The van der Waals surface area contributed by atoms with E-state index in [2.05, 4.69) is 5.32 Å². The summed E-state index contributed by atoms with van der Waals surface area (Å²) in [4.78, 5) is 11.5. The second kappa shape index (κ2) is 6.10. The number of nitrogens with two attached hydrogens (primary N) is 1. The Labute approximate surface area is 118 Å². The third-order valence-corrected chi connectivity index (χ3v) is 3.01. The molecule has 0 unspecified atom stereocenters. The first-order chi connectivity index (χ1) is 9.60. The van der Waals surface area contributed by atoms with Crippen molar-refractivity contribution >= 4 is 11.6 Å². The van der Waals surface area contributed by atoms with Gasteiger partial charge in [-0.3, -0.25) is 4.79 Å². The number of nitrogens with one attached hydrogen (secondary N) is 1. The number of carbonyl (C=O) groups excluding carboxylic acids is 1. The predicted octanol–water partition coefficient (Wildman–Crippen LogP) is 2.52. The Bertz CT molecular complexity index is 606. The van der Waals surface area contributed by atoms with E-state index in [-0.39, 0.29) is 5.91 Å². The molecule has 0 aliphatic heterocycles. The van der Waals surface area contributed by atoms with E-state index in [1.165, 1.54) is 5.56 Å². The molecule has 0 aliphatic carbocycles. The zero-order valence-electron chi connectivity index (χ0n) is 11.6. The molecule has 0 spiro atoms. The van der Waals surface area contributed by atoms with Crippen molar-refractivity contribution in [3.05, 3.63) is 59.2 Å². The molecule has 2 rings (SSSR count). The van der Waals surface area contributed by atoms with Gasteiger partial charge in [0.2, 0.25) is 0 Å². The molecule has 0 atom stereocenters. The van der Waals surface area contributed by atoms with E-state index >= 15 is 0 Å². The van der Waals surface area contributed by atoms with E-state index in [1.54, 1.807) is 25.2 Å². The third-order valence-electron chi connectivity index (χ3n) is 3.01. The van der Waals surface area contributed by atoms with Crippen molar-refractivity contribution in [2.75, 3.05) is 12.8 Å². The van der Waals surface area contributed by atoms with Gasteiger partial charge >= 0.3 is 0 Å². The van der Waals surface area contributed by atoms with E-state index in [4.69, 9.17) is 10.5 Å². The summed E-state index contributed by atoms with van der Waals surface area (Å²) in [6, 6.07) is 13.1. The molecule has 0 aromatic heterocycles. The molecule has 0 heterocycles. The standard InChI is InChI=1S/C16H18N2O2/c1-11-3-5-12(6-4-11)10-20-15-8-7-13(9-14(15)17)16(19)18-2/h3-9H,10,17H2,1-2H3,(H,18,19). The molecule has 104 valence electrons. The van der Waals surface area contributed by atoms with E-state index in [0.29, 0.717) is 23.6 Å². The lowest BCUT2D eigenvalue weighted by Crippen LogP contribution is -2.17. The highest BCUT2D eigenvalue weighted by molar-refractivity contribution is 5.95. The molecule has 4 heteroatoms. The van der Waals surface area contributed by atoms with Crippen molar-refractivity contribution in [1.82, 2.24) is 5.32 Å². The Morgan fingerprint density at radius 1 is 1.20 bits per heavy atom. The molecule has 0 saturated carbocycles. The highest BCUT2D eigenvalue weighted by atomic mass is 16.5. The Balaban J connectivity index is 2.06. The van der Waals surface area contributed by atoms with Crippen molar-refractivity contribution in [2.24, 2.45) is 0 Å². The van der Waals surface area contributed by atoms with Crippen LogP contribution in [0.1, 0.15) is 21.5 Å². The molecule has 20 heavy (non-hydrogen) atoms. The average molecular weight is 270 g/mol. The highest BCUT2D eigenvalue weighted by Crippen LogP contribution is 2.23. The first-order valence-corrected chi connectivity index (χ1v) is 6.40. The summed E-state index contributed by atoms with van der Waals surface area (Å²) in [6.45, 7) is 2.49. The van der Waals surface area contributed by atoms with Crippen LogP contribution in [-0.4, -0.2) is 13.0 Å². The molecule has 0 saturated heterocycles. The van der Waals surface area contributed by atoms with Gasteiger partial charge in [0.1, 0.15) is 12.4 Å². The maximum Gasteiger partial charge on any atom is 0.251 e. The monoisotopic (exact) mass is 270 g/mol. The number of benzene rings is 2. The fraction of sp³-hybridized carbons (Fsp3) is 0.188. The van der Waals surface area contributed by atoms with Crippen molar-refractivity contribution in [2.45, 2.75) is 13.5 Å². The summed E-state index contributed by atoms with van der Waals surface area (Å²) in [5.41, 5.74) is 9.16. The molecule has 4 nitrogen and oxygen atoms in total. The van der Waals surface area contributed by atoms with Crippen LogP contribution in [0.2, 0.25) is 0 Å². The summed E-state index contributed by atoms with van der Waals surface area (Å²) in [6.07, 6.45) is 0. The van der Waals surface area contributed by atoms with Gasteiger partial charge in [0.25, 0.3) is 5.91 Å². The van der Waals surface area contributed by atoms with Gasteiger partial charge in [0.15, 0.2) is 0 Å². The number of hydrogen-bond acceptors (Lipinski definition) is 3. The number of nitrogen functional groups attached to an aromatic ring is 1. The fourth-order valence-electron chi connectivity index (χ4n) is 1.81. The van der Waals surface area contributed by atoms with Crippen LogP contribution in [0, 0.1) is 6.92 Å². The summed E-state index contributed by atoms with van der Waals surface area (Å²) in [5.74, 6) is 0.417. The molecule has 0 aliphatic rings. The first-order valence-electron chi connectivity index (χ1n) is 6.40. The van der Waals surface area contributed by atoms with Crippen LogP contribution in [0.15, 0.2) is 42.5 Å². The Kier molecular flexibility index (Phi) is 4.25. The SMILES string of the molecule is CNC(=O)c1ccc(OCc2ccc(C)cc2)c(N)c1.